The highest BCUT2D eigenvalue weighted by atomic mass is 35.5. The molecule has 1 aromatic heterocycles. The number of halogens is 5. The van der Waals surface area contributed by atoms with Crippen molar-refractivity contribution < 1.29 is 36.7 Å². The Morgan fingerprint density at radius 2 is 1.46 bits per heavy atom. The van der Waals surface area contributed by atoms with Crippen molar-refractivity contribution in [3.05, 3.63) is 94.8 Å². The van der Waals surface area contributed by atoms with Crippen molar-refractivity contribution in [2.45, 2.75) is 43.9 Å². The molecule has 50 heavy (non-hydrogen) atoms. The van der Waals surface area contributed by atoms with Crippen LogP contribution in [-0.4, -0.2) is 57.5 Å². The highest BCUT2D eigenvalue weighted by molar-refractivity contribution is 6.39. The van der Waals surface area contributed by atoms with Gasteiger partial charge in [-0.05, 0) is 92.9 Å². The zero-order valence-corrected chi connectivity index (χ0v) is 27.4. The molecule has 0 radical (unpaired) electrons. The number of aromatic nitrogens is 3. The lowest BCUT2D eigenvalue weighted by atomic mass is 10.1. The van der Waals surface area contributed by atoms with Gasteiger partial charge in [-0.3, -0.25) is 14.4 Å². The summed E-state index contributed by atoms with van der Waals surface area (Å²) >= 11 is 6.02. The van der Waals surface area contributed by atoms with Crippen molar-refractivity contribution in [3.8, 4) is 6.01 Å². The summed E-state index contributed by atoms with van der Waals surface area (Å²) in [5.41, 5.74) is 0.224. The number of hydrogen-bond acceptors (Lipinski definition) is 9. The predicted octanol–water partition coefficient (Wildman–Crippen LogP) is 5.71. The summed E-state index contributed by atoms with van der Waals surface area (Å²) < 4.78 is 56.6. The molecule has 0 saturated heterocycles. The number of anilines is 4. The fourth-order valence-electron chi connectivity index (χ4n) is 4.64. The van der Waals surface area contributed by atoms with Crippen LogP contribution in [0.5, 0.6) is 6.01 Å². The van der Waals surface area contributed by atoms with Crippen LogP contribution in [0.15, 0.2) is 72.8 Å². The van der Waals surface area contributed by atoms with Crippen LogP contribution in [-0.2, 0) is 15.1 Å². The quantitative estimate of drug-likeness (QED) is 0.0915. The van der Waals surface area contributed by atoms with Gasteiger partial charge < -0.3 is 31.3 Å². The largest absolute Gasteiger partial charge is 0.454 e. The highest BCUT2D eigenvalue weighted by Crippen LogP contribution is 2.48. The Bertz CT molecular complexity index is 1850. The first kappa shape index (κ1) is 35.8. The van der Waals surface area contributed by atoms with Crippen LogP contribution in [0, 0.1) is 5.82 Å². The van der Waals surface area contributed by atoms with E-state index >= 15 is 0 Å². The molecule has 1 fully saturated rings. The maximum Gasteiger partial charge on any atom is 0.422 e. The van der Waals surface area contributed by atoms with Crippen LogP contribution < -0.4 is 31.3 Å². The van der Waals surface area contributed by atoms with Crippen molar-refractivity contribution in [2.24, 2.45) is 0 Å². The molecule has 262 valence electrons. The molecule has 12 nitrogen and oxygen atoms in total. The van der Waals surface area contributed by atoms with E-state index in [0.29, 0.717) is 10.7 Å². The molecule has 4 aromatic rings. The van der Waals surface area contributed by atoms with E-state index in [9.17, 15) is 31.9 Å². The Hall–Kier alpha value is -5.51. The first-order valence-corrected chi connectivity index (χ1v) is 15.5. The number of carbonyl (C=O) groups is 3. The number of carbonyl (C=O) groups excluding carboxylic acids is 3. The molecule has 0 unspecified atom stereocenters. The normalized spacial score (nSPS) is 13.5. The Labute approximate surface area is 288 Å². The number of benzene rings is 3. The van der Waals surface area contributed by atoms with E-state index in [2.05, 4.69) is 41.5 Å². The topological polar surface area (TPSA) is 159 Å². The lowest BCUT2D eigenvalue weighted by Crippen LogP contribution is -2.54. The number of amides is 3. The number of alkyl halides is 3. The number of nitrogens with one attached hydrogen (secondary N) is 5. The average Bonchev–Trinajstić information content (AvgIpc) is 3.84. The van der Waals surface area contributed by atoms with Crippen molar-refractivity contribution in [3.63, 3.8) is 0 Å². The summed E-state index contributed by atoms with van der Waals surface area (Å²) in [5.74, 6) is -3.02. The smallest absolute Gasteiger partial charge is 0.422 e. The fourth-order valence-corrected chi connectivity index (χ4v) is 4.77. The molecule has 1 aliphatic rings. The SMILES string of the molecule is CC(C)(CNC(=O)c1ccc(Nc2nc(NC3(c4ccc(Cl)cc4)CC3)nc(OCC(F)(F)F)n2)cc1)NC(=O)C(=O)Nc1ccc(F)cc1. The van der Waals surface area contributed by atoms with E-state index in [0.717, 1.165) is 30.5 Å². The molecule has 0 bridgehead atoms. The van der Waals surface area contributed by atoms with Gasteiger partial charge in [0.2, 0.25) is 11.9 Å². The first-order valence-electron chi connectivity index (χ1n) is 15.1. The number of rotatable bonds is 12. The average molecular weight is 715 g/mol. The van der Waals surface area contributed by atoms with Crippen molar-refractivity contribution in [1.29, 1.82) is 0 Å². The van der Waals surface area contributed by atoms with Crippen LogP contribution in [0.1, 0.15) is 42.6 Å². The maximum atomic E-state index is 13.1. The van der Waals surface area contributed by atoms with Crippen molar-refractivity contribution in [2.75, 3.05) is 29.1 Å². The van der Waals surface area contributed by atoms with Gasteiger partial charge in [-0.15, -0.1) is 0 Å². The van der Waals surface area contributed by atoms with Crippen LogP contribution in [0.25, 0.3) is 0 Å². The summed E-state index contributed by atoms with van der Waals surface area (Å²) in [4.78, 5) is 49.9. The third-order valence-electron chi connectivity index (χ3n) is 7.33. The van der Waals surface area contributed by atoms with E-state index in [1.807, 2.05) is 12.1 Å². The van der Waals surface area contributed by atoms with Gasteiger partial charge in [0.15, 0.2) is 6.61 Å². The highest BCUT2D eigenvalue weighted by Gasteiger charge is 2.45. The van der Waals surface area contributed by atoms with Crippen molar-refractivity contribution >= 4 is 52.6 Å². The molecule has 3 amide bonds. The third kappa shape index (κ3) is 10.0. The summed E-state index contributed by atoms with van der Waals surface area (Å²) in [7, 11) is 0. The molecular weight excluding hydrogens is 684 g/mol. The zero-order valence-electron chi connectivity index (χ0n) is 26.6. The van der Waals surface area contributed by atoms with Gasteiger partial charge in [-0.1, -0.05) is 23.7 Å². The molecule has 1 aliphatic carbocycles. The molecule has 5 rings (SSSR count). The fraction of sp³-hybridized carbons (Fsp3) is 0.273. The van der Waals surface area contributed by atoms with Gasteiger partial charge in [0, 0.05) is 28.5 Å². The maximum absolute atomic E-state index is 13.1. The summed E-state index contributed by atoms with van der Waals surface area (Å²) in [6.45, 7) is 1.56. The Morgan fingerprint density at radius 3 is 2.08 bits per heavy atom. The molecule has 1 saturated carbocycles. The van der Waals surface area contributed by atoms with E-state index < -0.39 is 53.4 Å². The van der Waals surface area contributed by atoms with Crippen LogP contribution in [0.3, 0.4) is 0 Å². The number of ether oxygens (including phenoxy) is 1. The second kappa shape index (κ2) is 14.5. The van der Waals surface area contributed by atoms with Gasteiger partial charge in [-0.25, -0.2) is 4.39 Å². The Balaban J connectivity index is 1.20. The summed E-state index contributed by atoms with van der Waals surface area (Å²) in [6.07, 6.45) is -3.17. The number of hydrogen-bond donors (Lipinski definition) is 5. The minimum Gasteiger partial charge on any atom is -0.454 e. The molecule has 1 heterocycles. The predicted molar refractivity (Wildman–Crippen MR) is 177 cm³/mol. The van der Waals surface area contributed by atoms with Crippen LogP contribution in [0.4, 0.5) is 40.8 Å². The van der Waals surface area contributed by atoms with Gasteiger partial charge in [0.25, 0.3) is 5.91 Å². The van der Waals surface area contributed by atoms with Crippen molar-refractivity contribution in [1.82, 2.24) is 25.6 Å². The minimum atomic E-state index is -4.62. The van der Waals surface area contributed by atoms with E-state index in [4.69, 9.17) is 16.3 Å². The second-order valence-electron chi connectivity index (χ2n) is 12.1. The van der Waals surface area contributed by atoms with E-state index in [1.54, 1.807) is 26.0 Å². The molecule has 17 heteroatoms. The van der Waals surface area contributed by atoms with Crippen LogP contribution in [0.2, 0.25) is 5.02 Å². The minimum absolute atomic E-state index is 0.00855. The second-order valence-corrected chi connectivity index (χ2v) is 12.5. The van der Waals surface area contributed by atoms with Crippen LogP contribution >= 0.6 is 11.6 Å². The van der Waals surface area contributed by atoms with Gasteiger partial charge >= 0.3 is 24.0 Å². The van der Waals surface area contributed by atoms with Gasteiger partial charge in [0.1, 0.15) is 5.82 Å². The molecule has 5 N–H and O–H groups in total. The lowest BCUT2D eigenvalue weighted by molar-refractivity contribution is -0.154. The van der Waals surface area contributed by atoms with Gasteiger partial charge in [-0.2, -0.15) is 28.1 Å². The van der Waals surface area contributed by atoms with E-state index in [-0.39, 0.29) is 29.7 Å². The summed E-state index contributed by atoms with van der Waals surface area (Å²) in [5, 5.41) is 14.2. The Morgan fingerprint density at radius 1 is 0.840 bits per heavy atom. The standard InChI is InChI=1S/C33H31ClF4N8O4/c1-31(2,45-27(49)26(48)40-23-13-9-22(35)10-14-23)17-39-25(47)19-3-11-24(12-4-19)41-28-42-29(44-30(43-28)50-18-33(36,37)38)46-32(15-16-32)20-5-7-21(34)8-6-20/h3-14H,15-18H2,1-2H3,(H,39,47)(H,40,48)(H,45,49)(H2,41,42,43,44,46). The monoisotopic (exact) mass is 714 g/mol. The third-order valence-corrected chi connectivity index (χ3v) is 7.58. The first-order chi connectivity index (χ1) is 23.6. The Kier molecular flexibility index (Phi) is 10.4. The summed E-state index contributed by atoms with van der Waals surface area (Å²) in [6, 6.07) is 17.5. The number of nitrogens with zero attached hydrogens (tertiary/aromatic N) is 3. The molecule has 0 spiro atoms. The molecule has 0 aliphatic heterocycles. The lowest BCUT2D eigenvalue weighted by Gasteiger charge is -2.26. The molecular formula is C33H31ClF4N8O4. The van der Waals surface area contributed by atoms with E-state index in [1.165, 1.54) is 36.4 Å². The molecule has 0 atom stereocenters. The molecule has 3 aromatic carbocycles. The zero-order chi connectivity index (χ0) is 36.1. The van der Waals surface area contributed by atoms with Gasteiger partial charge in [0.05, 0.1) is 11.1 Å².